The topological polar surface area (TPSA) is 64.9 Å². The van der Waals surface area contributed by atoms with Gasteiger partial charge in [0.15, 0.2) is 5.13 Å². The summed E-state index contributed by atoms with van der Waals surface area (Å²) in [5.41, 5.74) is 13.1. The van der Waals surface area contributed by atoms with Crippen LogP contribution in [0.2, 0.25) is 0 Å². The molecule has 0 atom stereocenters. The second kappa shape index (κ2) is 3.77. The Kier molecular flexibility index (Phi) is 2.47. The fraction of sp³-hybridized carbons (Fsp3) is 0.100. The van der Waals surface area contributed by atoms with E-state index in [1.54, 1.807) is 0 Å². The van der Waals surface area contributed by atoms with Gasteiger partial charge in [-0.15, -0.1) is 0 Å². The Morgan fingerprint density at radius 3 is 3.07 bits per heavy atom. The van der Waals surface area contributed by atoms with E-state index >= 15 is 0 Å². The fourth-order valence-corrected chi connectivity index (χ4v) is 2.09. The van der Waals surface area contributed by atoms with Gasteiger partial charge in [0.05, 0.1) is 10.2 Å². The molecule has 1 aromatic heterocycles. The van der Waals surface area contributed by atoms with Gasteiger partial charge in [-0.2, -0.15) is 0 Å². The van der Waals surface area contributed by atoms with E-state index in [2.05, 4.69) is 4.98 Å². The molecule has 1 aromatic carbocycles. The van der Waals surface area contributed by atoms with Crippen LogP contribution >= 0.6 is 11.3 Å². The molecule has 72 valence electrons. The number of hydrogen-bond acceptors (Lipinski definition) is 4. The van der Waals surface area contributed by atoms with Gasteiger partial charge in [-0.05, 0) is 6.07 Å². The molecule has 0 radical (unpaired) electrons. The second-order valence-electron chi connectivity index (χ2n) is 2.88. The van der Waals surface area contributed by atoms with Gasteiger partial charge in [0.1, 0.15) is 0 Å². The van der Waals surface area contributed by atoms with Crippen molar-refractivity contribution in [2.24, 2.45) is 5.73 Å². The van der Waals surface area contributed by atoms with Crippen molar-refractivity contribution in [3.05, 3.63) is 29.8 Å². The molecule has 0 aliphatic carbocycles. The maximum absolute atomic E-state index is 5.65. The third-order valence-electron chi connectivity index (χ3n) is 1.90. The third kappa shape index (κ3) is 1.62. The Hall–Kier alpha value is -1.39. The summed E-state index contributed by atoms with van der Waals surface area (Å²) >= 11 is 1.50. The molecule has 2 aromatic rings. The van der Waals surface area contributed by atoms with E-state index < -0.39 is 0 Å². The first kappa shape index (κ1) is 9.18. The summed E-state index contributed by atoms with van der Waals surface area (Å²) < 4.78 is 1.11. The Balaban J connectivity index is 2.58. The lowest BCUT2D eigenvalue weighted by Crippen LogP contribution is -1.92. The average Bonchev–Trinajstić information content (AvgIpc) is 2.55. The number of aromatic nitrogens is 1. The molecule has 0 unspecified atom stereocenters. The predicted octanol–water partition coefficient (Wildman–Crippen LogP) is 1.85. The first-order valence-electron chi connectivity index (χ1n) is 4.33. The number of nitrogen functional groups attached to an aromatic ring is 1. The number of anilines is 1. The van der Waals surface area contributed by atoms with Gasteiger partial charge in [-0.1, -0.05) is 35.6 Å². The molecule has 0 spiro atoms. The lowest BCUT2D eigenvalue weighted by molar-refractivity contribution is 1.26. The number of nitrogens with zero attached hydrogens (tertiary/aromatic N) is 1. The molecule has 0 saturated heterocycles. The van der Waals surface area contributed by atoms with Crippen molar-refractivity contribution in [2.45, 2.75) is 0 Å². The van der Waals surface area contributed by atoms with Gasteiger partial charge in [0.2, 0.25) is 0 Å². The monoisotopic (exact) mass is 205 g/mol. The van der Waals surface area contributed by atoms with Crippen LogP contribution < -0.4 is 11.5 Å². The van der Waals surface area contributed by atoms with Gasteiger partial charge in [0.25, 0.3) is 0 Å². The van der Waals surface area contributed by atoms with Crippen LogP contribution in [0.5, 0.6) is 0 Å². The molecule has 0 bridgehead atoms. The zero-order chi connectivity index (χ0) is 9.97. The van der Waals surface area contributed by atoms with Gasteiger partial charge < -0.3 is 11.5 Å². The Labute approximate surface area is 86.1 Å². The van der Waals surface area contributed by atoms with Crippen LogP contribution in [0.3, 0.4) is 0 Å². The standard InChI is InChI=1S/C10H11N3S/c11-6-2-4-7-3-1-5-8-9(7)13-10(12)14-8/h1-5H,6,11H2,(H2,12,13). The molecular weight excluding hydrogens is 194 g/mol. The Bertz CT molecular complexity index is 473. The van der Waals surface area contributed by atoms with Crippen molar-refractivity contribution in [1.29, 1.82) is 0 Å². The lowest BCUT2D eigenvalue weighted by Gasteiger charge is -1.93. The summed E-state index contributed by atoms with van der Waals surface area (Å²) in [4.78, 5) is 4.27. The third-order valence-corrected chi connectivity index (χ3v) is 2.75. The number of para-hydroxylation sites is 1. The maximum Gasteiger partial charge on any atom is 0.181 e. The average molecular weight is 205 g/mol. The second-order valence-corrected chi connectivity index (χ2v) is 3.95. The van der Waals surface area contributed by atoms with Crippen molar-refractivity contribution in [1.82, 2.24) is 4.98 Å². The fourth-order valence-electron chi connectivity index (χ4n) is 1.32. The number of benzene rings is 1. The molecule has 3 nitrogen and oxygen atoms in total. The molecule has 0 saturated carbocycles. The van der Waals surface area contributed by atoms with E-state index in [1.165, 1.54) is 11.3 Å². The number of rotatable bonds is 2. The number of fused-ring (bicyclic) bond motifs is 1. The summed E-state index contributed by atoms with van der Waals surface area (Å²) in [6.45, 7) is 0.538. The Morgan fingerprint density at radius 1 is 1.43 bits per heavy atom. The van der Waals surface area contributed by atoms with E-state index in [-0.39, 0.29) is 0 Å². The summed E-state index contributed by atoms with van der Waals surface area (Å²) in [6, 6.07) is 6.02. The molecule has 4 heteroatoms. The van der Waals surface area contributed by atoms with E-state index in [9.17, 15) is 0 Å². The normalized spacial score (nSPS) is 11.5. The minimum atomic E-state index is 0.538. The number of nitrogens with two attached hydrogens (primary N) is 2. The molecule has 0 aliphatic heterocycles. The van der Waals surface area contributed by atoms with Crippen molar-refractivity contribution in [2.75, 3.05) is 12.3 Å². The van der Waals surface area contributed by atoms with E-state index in [0.717, 1.165) is 15.8 Å². The first-order chi connectivity index (χ1) is 6.81. The molecule has 1 heterocycles. The molecule has 0 fully saturated rings. The highest BCUT2D eigenvalue weighted by molar-refractivity contribution is 7.22. The van der Waals surface area contributed by atoms with Gasteiger partial charge >= 0.3 is 0 Å². The van der Waals surface area contributed by atoms with Crippen molar-refractivity contribution in [3.8, 4) is 0 Å². The Morgan fingerprint density at radius 2 is 2.29 bits per heavy atom. The van der Waals surface area contributed by atoms with Crippen LogP contribution in [0, 0.1) is 0 Å². The molecule has 0 amide bonds. The summed E-state index contributed by atoms with van der Waals surface area (Å²) in [6.07, 6.45) is 3.88. The SMILES string of the molecule is NCC=Cc1cccc2sc(N)nc12. The van der Waals surface area contributed by atoms with Gasteiger partial charge in [-0.25, -0.2) is 4.98 Å². The van der Waals surface area contributed by atoms with E-state index in [0.29, 0.717) is 11.7 Å². The molecule has 2 rings (SSSR count). The highest BCUT2D eigenvalue weighted by Crippen LogP contribution is 2.26. The smallest absolute Gasteiger partial charge is 0.181 e. The minimum absolute atomic E-state index is 0.538. The predicted molar refractivity (Wildman–Crippen MR) is 62.1 cm³/mol. The number of hydrogen-bond donors (Lipinski definition) is 2. The zero-order valence-electron chi connectivity index (χ0n) is 7.60. The lowest BCUT2D eigenvalue weighted by atomic mass is 10.2. The van der Waals surface area contributed by atoms with Crippen LogP contribution in [-0.2, 0) is 0 Å². The molecule has 14 heavy (non-hydrogen) atoms. The molecule has 4 N–H and O–H groups in total. The van der Waals surface area contributed by atoms with Crippen LogP contribution in [0.1, 0.15) is 5.56 Å². The van der Waals surface area contributed by atoms with Crippen molar-refractivity contribution >= 4 is 32.8 Å². The molecule has 0 aliphatic rings. The van der Waals surface area contributed by atoms with Crippen LogP contribution in [-0.4, -0.2) is 11.5 Å². The maximum atomic E-state index is 5.65. The van der Waals surface area contributed by atoms with Crippen molar-refractivity contribution in [3.63, 3.8) is 0 Å². The summed E-state index contributed by atoms with van der Waals surface area (Å²) in [5.74, 6) is 0. The van der Waals surface area contributed by atoms with E-state index in [1.807, 2.05) is 30.4 Å². The highest BCUT2D eigenvalue weighted by atomic mass is 32.1. The van der Waals surface area contributed by atoms with Crippen LogP contribution in [0.4, 0.5) is 5.13 Å². The minimum Gasteiger partial charge on any atom is -0.375 e. The van der Waals surface area contributed by atoms with Crippen LogP contribution in [0.25, 0.3) is 16.3 Å². The van der Waals surface area contributed by atoms with Gasteiger partial charge in [-0.3, -0.25) is 0 Å². The highest BCUT2D eigenvalue weighted by Gasteiger charge is 2.02. The molecular formula is C10H11N3S. The summed E-state index contributed by atoms with van der Waals surface area (Å²) in [5, 5.41) is 0.605. The van der Waals surface area contributed by atoms with Crippen LogP contribution in [0.15, 0.2) is 24.3 Å². The largest absolute Gasteiger partial charge is 0.375 e. The van der Waals surface area contributed by atoms with E-state index in [4.69, 9.17) is 11.5 Å². The summed E-state index contributed by atoms with van der Waals surface area (Å²) in [7, 11) is 0. The quantitative estimate of drug-likeness (QED) is 0.786. The zero-order valence-corrected chi connectivity index (χ0v) is 8.42. The van der Waals surface area contributed by atoms with Gasteiger partial charge in [0, 0.05) is 12.1 Å². The number of thiazole rings is 1. The first-order valence-corrected chi connectivity index (χ1v) is 5.14. The van der Waals surface area contributed by atoms with Crippen molar-refractivity contribution < 1.29 is 0 Å².